The lowest BCUT2D eigenvalue weighted by Crippen LogP contribution is -2.14. The van der Waals surface area contributed by atoms with Gasteiger partial charge in [0.15, 0.2) is 0 Å². The number of rotatable bonds is 3. The van der Waals surface area contributed by atoms with Gasteiger partial charge in [-0.05, 0) is 12.1 Å². The van der Waals surface area contributed by atoms with Gasteiger partial charge in [-0.3, -0.25) is 9.40 Å². The number of hydrogen-bond donors (Lipinski definition) is 2. The van der Waals surface area contributed by atoms with E-state index < -0.39 is 10.0 Å². The smallest absolute Gasteiger partial charge is 0.263 e. The first-order chi connectivity index (χ1) is 9.53. The summed E-state index contributed by atoms with van der Waals surface area (Å²) in [5, 5.41) is 12.6. The second kappa shape index (κ2) is 5.77. The van der Waals surface area contributed by atoms with Crippen molar-refractivity contribution in [2.45, 2.75) is 4.90 Å². The molecule has 0 bridgehead atoms. The van der Waals surface area contributed by atoms with Crippen LogP contribution in [0.3, 0.4) is 0 Å². The standard InChI is InChI=1S/C13H13N3O3S/c1-16-10-12(9-14-16)15-20(18,19)13-7-3-2-5-11(13)6-4-8-17/h2-3,5,7,9-10,15,17H,8H2,1H3. The molecule has 0 saturated carbocycles. The number of anilines is 1. The van der Waals surface area contributed by atoms with Crippen molar-refractivity contribution in [1.82, 2.24) is 9.78 Å². The van der Waals surface area contributed by atoms with Gasteiger partial charge < -0.3 is 5.11 Å². The molecule has 0 saturated heterocycles. The lowest BCUT2D eigenvalue weighted by atomic mass is 10.2. The van der Waals surface area contributed by atoms with E-state index in [1.54, 1.807) is 31.4 Å². The quantitative estimate of drug-likeness (QED) is 0.810. The number of sulfonamides is 1. The molecular formula is C13H13N3O3S. The maximum absolute atomic E-state index is 12.3. The lowest BCUT2D eigenvalue weighted by Gasteiger charge is -2.07. The number of aryl methyl sites for hydroxylation is 1. The minimum Gasteiger partial charge on any atom is -0.384 e. The molecule has 0 spiro atoms. The van der Waals surface area contributed by atoms with Crippen LogP contribution in [0.2, 0.25) is 0 Å². The van der Waals surface area contributed by atoms with Crippen LogP contribution < -0.4 is 4.72 Å². The molecule has 2 aromatic rings. The fourth-order valence-corrected chi connectivity index (χ4v) is 2.82. The number of benzene rings is 1. The minimum atomic E-state index is -3.75. The van der Waals surface area contributed by atoms with Crippen molar-refractivity contribution in [3.8, 4) is 11.8 Å². The maximum Gasteiger partial charge on any atom is 0.263 e. The van der Waals surface area contributed by atoms with Gasteiger partial charge in [0, 0.05) is 18.8 Å². The first-order valence-corrected chi connectivity index (χ1v) is 7.21. The molecular weight excluding hydrogens is 278 g/mol. The zero-order valence-corrected chi connectivity index (χ0v) is 11.6. The maximum atomic E-state index is 12.3. The van der Waals surface area contributed by atoms with Crippen LogP contribution in [0.15, 0.2) is 41.6 Å². The van der Waals surface area contributed by atoms with E-state index in [4.69, 9.17) is 5.11 Å². The summed E-state index contributed by atoms with van der Waals surface area (Å²) in [6.45, 7) is -0.329. The summed E-state index contributed by atoms with van der Waals surface area (Å²) in [4.78, 5) is 0.0600. The van der Waals surface area contributed by atoms with Crippen molar-refractivity contribution < 1.29 is 13.5 Å². The van der Waals surface area contributed by atoms with E-state index in [0.29, 0.717) is 11.3 Å². The molecule has 0 aliphatic rings. The minimum absolute atomic E-state index is 0.0600. The number of aliphatic hydroxyl groups is 1. The zero-order chi connectivity index (χ0) is 14.6. The normalized spacial score (nSPS) is 10.7. The van der Waals surface area contributed by atoms with Crippen LogP contribution in [0.5, 0.6) is 0 Å². The SMILES string of the molecule is Cn1cc(NS(=O)(=O)c2ccccc2C#CCO)cn1. The third-order valence-corrected chi connectivity index (χ3v) is 3.88. The van der Waals surface area contributed by atoms with Crippen molar-refractivity contribution in [3.05, 3.63) is 42.2 Å². The van der Waals surface area contributed by atoms with E-state index in [0.717, 1.165) is 0 Å². The van der Waals surface area contributed by atoms with Crippen molar-refractivity contribution in [2.75, 3.05) is 11.3 Å². The van der Waals surface area contributed by atoms with E-state index in [1.807, 2.05) is 0 Å². The van der Waals surface area contributed by atoms with Crippen LogP contribution in [-0.2, 0) is 17.1 Å². The molecule has 7 heteroatoms. The van der Waals surface area contributed by atoms with E-state index >= 15 is 0 Å². The highest BCUT2D eigenvalue weighted by molar-refractivity contribution is 7.92. The Bertz CT molecular complexity index is 769. The molecule has 0 aliphatic heterocycles. The number of aliphatic hydroxyl groups excluding tert-OH is 1. The largest absolute Gasteiger partial charge is 0.384 e. The third-order valence-electron chi connectivity index (χ3n) is 2.44. The van der Waals surface area contributed by atoms with Crippen LogP contribution in [0.25, 0.3) is 0 Å². The molecule has 0 aliphatic carbocycles. The fraction of sp³-hybridized carbons (Fsp3) is 0.154. The highest BCUT2D eigenvalue weighted by Crippen LogP contribution is 2.18. The molecule has 0 atom stereocenters. The number of hydrogen-bond acceptors (Lipinski definition) is 4. The van der Waals surface area contributed by atoms with Gasteiger partial charge in [-0.15, -0.1) is 0 Å². The number of nitrogens with zero attached hydrogens (tertiary/aromatic N) is 2. The molecule has 1 aromatic carbocycles. The Kier molecular flexibility index (Phi) is 4.08. The molecule has 20 heavy (non-hydrogen) atoms. The summed E-state index contributed by atoms with van der Waals surface area (Å²) in [5.74, 6) is 5.06. The van der Waals surface area contributed by atoms with Crippen LogP contribution in [0.1, 0.15) is 5.56 Å². The van der Waals surface area contributed by atoms with Gasteiger partial charge >= 0.3 is 0 Å². The van der Waals surface area contributed by atoms with Crippen LogP contribution in [0.4, 0.5) is 5.69 Å². The van der Waals surface area contributed by atoms with E-state index in [2.05, 4.69) is 21.7 Å². The van der Waals surface area contributed by atoms with Crippen molar-refractivity contribution in [2.24, 2.45) is 7.05 Å². The van der Waals surface area contributed by atoms with Crippen molar-refractivity contribution >= 4 is 15.7 Å². The molecule has 104 valence electrons. The number of aromatic nitrogens is 2. The summed E-state index contributed by atoms with van der Waals surface area (Å²) < 4.78 is 28.6. The van der Waals surface area contributed by atoms with Crippen LogP contribution in [-0.4, -0.2) is 29.9 Å². The molecule has 0 amide bonds. The average Bonchev–Trinajstić information content (AvgIpc) is 2.81. The van der Waals surface area contributed by atoms with Gasteiger partial charge in [0.2, 0.25) is 0 Å². The lowest BCUT2D eigenvalue weighted by molar-refractivity contribution is 0.350. The first-order valence-electron chi connectivity index (χ1n) is 5.73. The highest BCUT2D eigenvalue weighted by atomic mass is 32.2. The van der Waals surface area contributed by atoms with Gasteiger partial charge in [0.25, 0.3) is 10.0 Å². The van der Waals surface area contributed by atoms with Gasteiger partial charge in [0.1, 0.15) is 11.5 Å². The summed E-state index contributed by atoms with van der Waals surface area (Å²) >= 11 is 0. The Morgan fingerprint density at radius 2 is 2.15 bits per heavy atom. The summed E-state index contributed by atoms with van der Waals surface area (Å²) in [5.41, 5.74) is 0.704. The third kappa shape index (κ3) is 3.17. The second-order valence-electron chi connectivity index (χ2n) is 3.96. The topological polar surface area (TPSA) is 84.2 Å². The zero-order valence-electron chi connectivity index (χ0n) is 10.7. The molecule has 0 radical (unpaired) electrons. The van der Waals surface area contributed by atoms with E-state index in [1.165, 1.54) is 16.9 Å². The summed E-state index contributed by atoms with van der Waals surface area (Å²) in [6, 6.07) is 6.34. The van der Waals surface area contributed by atoms with Gasteiger partial charge in [-0.25, -0.2) is 8.42 Å². The predicted molar refractivity (Wildman–Crippen MR) is 74.4 cm³/mol. The molecule has 1 aromatic heterocycles. The van der Waals surface area contributed by atoms with Gasteiger partial charge in [-0.2, -0.15) is 5.10 Å². The van der Waals surface area contributed by atoms with Crippen molar-refractivity contribution in [3.63, 3.8) is 0 Å². The van der Waals surface area contributed by atoms with Crippen molar-refractivity contribution in [1.29, 1.82) is 0 Å². The Balaban J connectivity index is 2.39. The first kappa shape index (κ1) is 14.1. The molecule has 2 rings (SSSR count). The molecule has 1 heterocycles. The summed E-state index contributed by atoms with van der Waals surface area (Å²) in [7, 11) is -2.06. The Labute approximate surface area is 117 Å². The highest BCUT2D eigenvalue weighted by Gasteiger charge is 2.18. The Morgan fingerprint density at radius 1 is 1.40 bits per heavy atom. The molecule has 0 unspecified atom stereocenters. The Morgan fingerprint density at radius 3 is 2.80 bits per heavy atom. The Hall–Kier alpha value is -2.30. The monoisotopic (exact) mass is 291 g/mol. The van der Waals surface area contributed by atoms with Gasteiger partial charge in [0.05, 0.1) is 11.9 Å². The van der Waals surface area contributed by atoms with Crippen LogP contribution in [0, 0.1) is 11.8 Å². The van der Waals surface area contributed by atoms with Crippen LogP contribution >= 0.6 is 0 Å². The van der Waals surface area contributed by atoms with E-state index in [9.17, 15) is 8.42 Å². The molecule has 2 N–H and O–H groups in total. The van der Waals surface area contributed by atoms with E-state index in [-0.39, 0.29) is 11.5 Å². The predicted octanol–water partition coefficient (Wildman–Crippen LogP) is 0.565. The average molecular weight is 291 g/mol. The second-order valence-corrected chi connectivity index (χ2v) is 5.62. The fourth-order valence-electron chi connectivity index (χ4n) is 1.62. The molecule has 0 fully saturated rings. The number of nitrogens with one attached hydrogen (secondary N) is 1. The molecule has 6 nitrogen and oxygen atoms in total. The summed E-state index contributed by atoms with van der Waals surface area (Å²) in [6.07, 6.45) is 2.97. The van der Waals surface area contributed by atoms with Gasteiger partial charge in [-0.1, -0.05) is 24.0 Å².